The Hall–Kier alpha value is -1.59. The summed E-state index contributed by atoms with van der Waals surface area (Å²) in [5.74, 6) is -0.216. The first-order chi connectivity index (χ1) is 9.15. The Kier molecular flexibility index (Phi) is 3.16. The maximum Gasteiger partial charge on any atom is 0.268 e. The summed E-state index contributed by atoms with van der Waals surface area (Å²) >= 11 is 3.29. The van der Waals surface area contributed by atoms with Crippen LogP contribution in [0.25, 0.3) is 0 Å². The van der Waals surface area contributed by atoms with Gasteiger partial charge in [-0.15, -0.1) is 0 Å². The molecule has 1 aliphatic rings. The second kappa shape index (κ2) is 4.83. The first-order valence-corrected chi connectivity index (χ1v) is 6.85. The third-order valence-corrected chi connectivity index (χ3v) is 3.84. The molecule has 2 aromatic rings. The van der Waals surface area contributed by atoms with Crippen LogP contribution in [-0.4, -0.2) is 22.1 Å². The second-order valence-corrected chi connectivity index (χ2v) is 5.57. The van der Waals surface area contributed by atoms with Gasteiger partial charge in [0.1, 0.15) is 5.69 Å². The number of nitrogens with one attached hydrogen (secondary N) is 2. The lowest BCUT2D eigenvalue weighted by Crippen LogP contribution is -2.34. The fourth-order valence-electron chi connectivity index (χ4n) is 2.47. The van der Waals surface area contributed by atoms with Crippen molar-refractivity contribution in [1.82, 2.24) is 10.3 Å². The highest BCUT2D eigenvalue weighted by Crippen LogP contribution is 2.31. The molecule has 0 unspecified atom stereocenters. The number of amides is 1. The molecular formula is C14H13BrN2O2. The summed E-state index contributed by atoms with van der Waals surface area (Å²) in [7, 11) is 0. The van der Waals surface area contributed by atoms with Gasteiger partial charge in [-0.2, -0.15) is 0 Å². The van der Waals surface area contributed by atoms with Gasteiger partial charge < -0.3 is 15.4 Å². The van der Waals surface area contributed by atoms with E-state index in [1.165, 1.54) is 0 Å². The van der Waals surface area contributed by atoms with E-state index >= 15 is 0 Å². The molecule has 2 atom stereocenters. The molecule has 19 heavy (non-hydrogen) atoms. The van der Waals surface area contributed by atoms with Crippen molar-refractivity contribution in [2.24, 2.45) is 0 Å². The Morgan fingerprint density at radius 2 is 2.21 bits per heavy atom. The quantitative estimate of drug-likeness (QED) is 0.794. The molecule has 4 nitrogen and oxygen atoms in total. The van der Waals surface area contributed by atoms with Gasteiger partial charge in [-0.1, -0.05) is 24.3 Å². The summed E-state index contributed by atoms with van der Waals surface area (Å²) in [6.07, 6.45) is 1.71. The maximum atomic E-state index is 12.1. The van der Waals surface area contributed by atoms with Gasteiger partial charge in [0.2, 0.25) is 0 Å². The highest BCUT2D eigenvalue weighted by molar-refractivity contribution is 9.10. The van der Waals surface area contributed by atoms with Crippen molar-refractivity contribution in [3.63, 3.8) is 0 Å². The fraction of sp³-hybridized carbons (Fsp3) is 0.214. The molecule has 0 spiro atoms. The number of carbonyl (C=O) groups excluding carboxylic acids is 1. The van der Waals surface area contributed by atoms with Crippen LogP contribution >= 0.6 is 15.9 Å². The number of H-pyrrole nitrogens is 1. The molecule has 0 aliphatic heterocycles. The summed E-state index contributed by atoms with van der Waals surface area (Å²) in [4.78, 5) is 15.0. The predicted molar refractivity (Wildman–Crippen MR) is 74.9 cm³/mol. The summed E-state index contributed by atoms with van der Waals surface area (Å²) < 4.78 is 0.824. The SMILES string of the molecule is O=C(N[C@H]1c2ccccc2C[C@H]1O)c1cc(Br)c[nH]1. The largest absolute Gasteiger partial charge is 0.390 e. The Bertz CT molecular complexity index is 623. The average molecular weight is 321 g/mol. The number of aromatic amines is 1. The van der Waals surface area contributed by atoms with E-state index in [0.717, 1.165) is 15.6 Å². The van der Waals surface area contributed by atoms with E-state index in [2.05, 4.69) is 26.2 Å². The number of rotatable bonds is 2. The topological polar surface area (TPSA) is 65.1 Å². The van der Waals surface area contributed by atoms with Crippen molar-refractivity contribution in [1.29, 1.82) is 0 Å². The van der Waals surface area contributed by atoms with E-state index in [1.54, 1.807) is 12.3 Å². The van der Waals surface area contributed by atoms with Gasteiger partial charge in [0.15, 0.2) is 0 Å². The van der Waals surface area contributed by atoms with Crippen LogP contribution in [0.3, 0.4) is 0 Å². The van der Waals surface area contributed by atoms with E-state index in [4.69, 9.17) is 0 Å². The van der Waals surface area contributed by atoms with E-state index in [0.29, 0.717) is 12.1 Å². The number of hydrogen-bond donors (Lipinski definition) is 3. The Balaban J connectivity index is 1.82. The molecule has 0 saturated heterocycles. The van der Waals surface area contributed by atoms with Gasteiger partial charge in [0, 0.05) is 17.1 Å². The molecule has 98 valence electrons. The molecule has 1 amide bonds. The lowest BCUT2D eigenvalue weighted by atomic mass is 10.1. The first kappa shape index (κ1) is 12.4. The van der Waals surface area contributed by atoms with Crippen LogP contribution in [0.1, 0.15) is 27.7 Å². The third kappa shape index (κ3) is 2.31. The molecule has 5 heteroatoms. The Morgan fingerprint density at radius 1 is 1.42 bits per heavy atom. The van der Waals surface area contributed by atoms with Gasteiger partial charge in [-0.3, -0.25) is 4.79 Å². The minimum atomic E-state index is -0.570. The standard InChI is InChI=1S/C14H13BrN2O2/c15-9-6-11(16-7-9)14(19)17-13-10-4-2-1-3-8(10)5-12(13)18/h1-4,6-7,12-13,16,18H,5H2,(H,17,19)/t12-,13+/m1/s1. The van der Waals surface area contributed by atoms with Crippen molar-refractivity contribution in [2.75, 3.05) is 0 Å². The Morgan fingerprint density at radius 3 is 2.95 bits per heavy atom. The number of carbonyl (C=O) groups is 1. The minimum Gasteiger partial charge on any atom is -0.390 e. The van der Waals surface area contributed by atoms with Gasteiger partial charge in [0.05, 0.1) is 12.1 Å². The van der Waals surface area contributed by atoms with E-state index in [1.807, 2.05) is 24.3 Å². The van der Waals surface area contributed by atoms with Crippen molar-refractivity contribution < 1.29 is 9.90 Å². The highest BCUT2D eigenvalue weighted by Gasteiger charge is 2.32. The number of aromatic nitrogens is 1. The summed E-state index contributed by atoms with van der Waals surface area (Å²) in [5.41, 5.74) is 2.56. The summed E-state index contributed by atoms with van der Waals surface area (Å²) in [5, 5.41) is 13.0. The molecule has 0 radical (unpaired) electrons. The highest BCUT2D eigenvalue weighted by atomic mass is 79.9. The number of hydrogen-bond acceptors (Lipinski definition) is 2. The van der Waals surface area contributed by atoms with Crippen LogP contribution in [0, 0.1) is 0 Å². The first-order valence-electron chi connectivity index (χ1n) is 6.06. The lowest BCUT2D eigenvalue weighted by molar-refractivity contribution is 0.0854. The van der Waals surface area contributed by atoms with Crippen molar-refractivity contribution >= 4 is 21.8 Å². The van der Waals surface area contributed by atoms with Crippen LogP contribution in [0.5, 0.6) is 0 Å². The minimum absolute atomic E-state index is 0.216. The normalized spacial score (nSPS) is 21.2. The van der Waals surface area contributed by atoms with E-state index in [9.17, 15) is 9.90 Å². The van der Waals surface area contributed by atoms with E-state index < -0.39 is 6.10 Å². The zero-order chi connectivity index (χ0) is 13.4. The zero-order valence-corrected chi connectivity index (χ0v) is 11.6. The Labute approximate surface area is 119 Å². The molecule has 0 fully saturated rings. The molecule has 3 N–H and O–H groups in total. The molecule has 1 heterocycles. The number of aliphatic hydroxyl groups is 1. The fourth-order valence-corrected chi connectivity index (χ4v) is 2.81. The third-order valence-electron chi connectivity index (χ3n) is 3.38. The molecule has 1 aliphatic carbocycles. The molecule has 3 rings (SSSR count). The molecule has 1 aromatic heterocycles. The smallest absolute Gasteiger partial charge is 0.268 e. The zero-order valence-electron chi connectivity index (χ0n) is 10.1. The van der Waals surface area contributed by atoms with Crippen LogP contribution in [-0.2, 0) is 6.42 Å². The van der Waals surface area contributed by atoms with Crippen LogP contribution in [0.4, 0.5) is 0 Å². The molecule has 1 aromatic carbocycles. The van der Waals surface area contributed by atoms with Gasteiger partial charge in [0.25, 0.3) is 5.91 Å². The molecule has 0 saturated carbocycles. The van der Waals surface area contributed by atoms with Crippen molar-refractivity contribution in [3.05, 3.63) is 57.8 Å². The number of halogens is 1. The van der Waals surface area contributed by atoms with Gasteiger partial charge in [-0.25, -0.2) is 0 Å². The van der Waals surface area contributed by atoms with Gasteiger partial charge in [-0.05, 0) is 33.1 Å². The van der Waals surface area contributed by atoms with Crippen LogP contribution in [0.2, 0.25) is 0 Å². The second-order valence-electron chi connectivity index (χ2n) is 4.65. The summed E-state index contributed by atoms with van der Waals surface area (Å²) in [6, 6.07) is 9.16. The number of aliphatic hydroxyl groups excluding tert-OH is 1. The lowest BCUT2D eigenvalue weighted by Gasteiger charge is -2.17. The monoisotopic (exact) mass is 320 g/mol. The van der Waals surface area contributed by atoms with Crippen LogP contribution < -0.4 is 5.32 Å². The average Bonchev–Trinajstić information content (AvgIpc) is 2.95. The molecular weight excluding hydrogens is 308 g/mol. The molecule has 0 bridgehead atoms. The van der Waals surface area contributed by atoms with Crippen molar-refractivity contribution in [3.8, 4) is 0 Å². The van der Waals surface area contributed by atoms with E-state index in [-0.39, 0.29) is 11.9 Å². The van der Waals surface area contributed by atoms with Crippen molar-refractivity contribution in [2.45, 2.75) is 18.6 Å². The predicted octanol–water partition coefficient (Wildman–Crippen LogP) is 2.17. The summed E-state index contributed by atoms with van der Waals surface area (Å²) in [6.45, 7) is 0. The maximum absolute atomic E-state index is 12.1. The number of fused-ring (bicyclic) bond motifs is 1. The number of benzene rings is 1. The van der Waals surface area contributed by atoms with Crippen LogP contribution in [0.15, 0.2) is 41.0 Å². The van der Waals surface area contributed by atoms with Gasteiger partial charge >= 0.3 is 0 Å².